The molecule has 1 heterocycles. The van der Waals surface area contributed by atoms with Crippen LogP contribution in [0, 0.1) is 11.8 Å². The van der Waals surface area contributed by atoms with Gasteiger partial charge in [0.2, 0.25) is 0 Å². The third-order valence-electron chi connectivity index (χ3n) is 4.88. The summed E-state index contributed by atoms with van der Waals surface area (Å²) in [4.78, 5) is 4.77. The van der Waals surface area contributed by atoms with Crippen molar-refractivity contribution in [2.24, 2.45) is 11.8 Å². The van der Waals surface area contributed by atoms with Gasteiger partial charge in [0, 0.05) is 18.0 Å². The van der Waals surface area contributed by atoms with Gasteiger partial charge < -0.3 is 5.32 Å². The maximum Gasteiger partial charge on any atom is 0.0705 e. The van der Waals surface area contributed by atoms with Crippen LogP contribution in [-0.4, -0.2) is 11.0 Å². The predicted molar refractivity (Wildman–Crippen MR) is 89.2 cm³/mol. The molecule has 1 fully saturated rings. The number of rotatable bonds is 4. The maximum absolute atomic E-state index is 4.77. The lowest BCUT2D eigenvalue weighted by atomic mass is 9.78. The predicted octanol–water partition coefficient (Wildman–Crippen LogP) is 4.54. The van der Waals surface area contributed by atoms with E-state index in [4.69, 9.17) is 4.98 Å². The molecule has 1 saturated carbocycles. The van der Waals surface area contributed by atoms with E-state index in [0.29, 0.717) is 6.04 Å². The van der Waals surface area contributed by atoms with Crippen LogP contribution in [0.1, 0.15) is 45.2 Å². The molecule has 1 aromatic heterocycles. The smallest absolute Gasteiger partial charge is 0.0705 e. The summed E-state index contributed by atoms with van der Waals surface area (Å²) in [6, 6.07) is 13.3. The molecule has 1 aromatic carbocycles. The zero-order valence-corrected chi connectivity index (χ0v) is 13.2. The quantitative estimate of drug-likeness (QED) is 0.890. The average molecular weight is 282 g/mol. The SMILES string of the molecule is CC(C)C1CCCCC1NCc1ccc2ccccc2n1. The molecule has 1 aliphatic carbocycles. The number of para-hydroxylation sites is 1. The van der Waals surface area contributed by atoms with E-state index in [-0.39, 0.29) is 0 Å². The number of fused-ring (bicyclic) bond motifs is 1. The Hall–Kier alpha value is -1.41. The van der Waals surface area contributed by atoms with Crippen LogP contribution in [0.25, 0.3) is 10.9 Å². The van der Waals surface area contributed by atoms with Crippen molar-refractivity contribution in [2.75, 3.05) is 0 Å². The van der Waals surface area contributed by atoms with Gasteiger partial charge in [0.15, 0.2) is 0 Å². The van der Waals surface area contributed by atoms with Crippen molar-refractivity contribution in [1.29, 1.82) is 0 Å². The minimum atomic E-state index is 0.659. The topological polar surface area (TPSA) is 24.9 Å². The standard InChI is InChI=1S/C19H26N2/c1-14(2)17-8-4-6-10-19(17)20-13-16-12-11-15-7-3-5-9-18(15)21-16/h3,5,7,9,11-12,14,17,19-20H,4,6,8,10,13H2,1-2H3. The van der Waals surface area contributed by atoms with Crippen LogP contribution in [0.15, 0.2) is 36.4 Å². The fourth-order valence-electron chi connectivity index (χ4n) is 3.65. The van der Waals surface area contributed by atoms with E-state index >= 15 is 0 Å². The monoisotopic (exact) mass is 282 g/mol. The Morgan fingerprint density at radius 3 is 2.76 bits per heavy atom. The number of hydrogen-bond acceptors (Lipinski definition) is 2. The van der Waals surface area contributed by atoms with Gasteiger partial charge in [0.1, 0.15) is 0 Å². The van der Waals surface area contributed by atoms with E-state index in [1.165, 1.54) is 31.1 Å². The second-order valence-electron chi connectivity index (χ2n) is 6.68. The lowest BCUT2D eigenvalue weighted by molar-refractivity contribution is 0.204. The third kappa shape index (κ3) is 3.44. The molecule has 2 heteroatoms. The van der Waals surface area contributed by atoms with Crippen molar-refractivity contribution in [3.63, 3.8) is 0 Å². The molecule has 2 aromatic rings. The van der Waals surface area contributed by atoms with Gasteiger partial charge in [0.05, 0.1) is 11.2 Å². The highest BCUT2D eigenvalue weighted by molar-refractivity contribution is 5.78. The molecular formula is C19H26N2. The van der Waals surface area contributed by atoms with Crippen molar-refractivity contribution in [1.82, 2.24) is 10.3 Å². The number of aromatic nitrogens is 1. The van der Waals surface area contributed by atoms with Crippen LogP contribution in [0.5, 0.6) is 0 Å². The summed E-state index contributed by atoms with van der Waals surface area (Å²) in [6.07, 6.45) is 5.46. The van der Waals surface area contributed by atoms with Gasteiger partial charge in [0.25, 0.3) is 0 Å². The van der Waals surface area contributed by atoms with Crippen LogP contribution in [0.2, 0.25) is 0 Å². The Morgan fingerprint density at radius 2 is 1.90 bits per heavy atom. The van der Waals surface area contributed by atoms with E-state index in [1.54, 1.807) is 0 Å². The summed E-state index contributed by atoms with van der Waals surface area (Å²) >= 11 is 0. The highest BCUT2D eigenvalue weighted by atomic mass is 14.9. The molecule has 21 heavy (non-hydrogen) atoms. The maximum atomic E-state index is 4.77. The lowest BCUT2D eigenvalue weighted by Crippen LogP contribution is -2.40. The summed E-state index contributed by atoms with van der Waals surface area (Å²) in [7, 11) is 0. The first-order valence-corrected chi connectivity index (χ1v) is 8.32. The van der Waals surface area contributed by atoms with Crippen LogP contribution >= 0.6 is 0 Å². The van der Waals surface area contributed by atoms with Crippen molar-refractivity contribution >= 4 is 10.9 Å². The number of nitrogens with zero attached hydrogens (tertiary/aromatic N) is 1. The molecule has 2 atom stereocenters. The first-order valence-electron chi connectivity index (χ1n) is 8.32. The van der Waals surface area contributed by atoms with Crippen LogP contribution in [0.4, 0.5) is 0 Å². The highest BCUT2D eigenvalue weighted by Crippen LogP contribution is 2.30. The van der Waals surface area contributed by atoms with Gasteiger partial charge in [-0.1, -0.05) is 51.0 Å². The Bertz CT molecular complexity index is 591. The molecule has 1 N–H and O–H groups in total. The van der Waals surface area contributed by atoms with E-state index in [0.717, 1.165) is 29.6 Å². The summed E-state index contributed by atoms with van der Waals surface area (Å²) in [5.41, 5.74) is 2.25. The highest BCUT2D eigenvalue weighted by Gasteiger charge is 2.26. The molecule has 0 radical (unpaired) electrons. The van der Waals surface area contributed by atoms with E-state index in [9.17, 15) is 0 Å². The Balaban J connectivity index is 1.67. The van der Waals surface area contributed by atoms with Crippen LogP contribution in [0.3, 0.4) is 0 Å². The van der Waals surface area contributed by atoms with Crippen LogP contribution in [-0.2, 0) is 6.54 Å². The molecule has 3 rings (SSSR count). The zero-order chi connectivity index (χ0) is 14.7. The van der Waals surface area contributed by atoms with Crippen molar-refractivity contribution in [2.45, 2.75) is 52.1 Å². The van der Waals surface area contributed by atoms with Gasteiger partial charge in [-0.3, -0.25) is 4.98 Å². The lowest BCUT2D eigenvalue weighted by Gasteiger charge is -2.35. The van der Waals surface area contributed by atoms with E-state index in [2.05, 4.69) is 55.6 Å². The Morgan fingerprint density at radius 1 is 1.10 bits per heavy atom. The van der Waals surface area contributed by atoms with Gasteiger partial charge in [-0.05, 0) is 36.8 Å². The van der Waals surface area contributed by atoms with E-state index < -0.39 is 0 Å². The second-order valence-corrected chi connectivity index (χ2v) is 6.68. The number of benzene rings is 1. The van der Waals surface area contributed by atoms with Gasteiger partial charge >= 0.3 is 0 Å². The van der Waals surface area contributed by atoms with Gasteiger partial charge in [-0.2, -0.15) is 0 Å². The Kier molecular flexibility index (Phi) is 4.54. The Labute approximate surface area is 128 Å². The number of nitrogens with one attached hydrogen (secondary N) is 1. The van der Waals surface area contributed by atoms with Crippen LogP contribution < -0.4 is 5.32 Å². The number of pyridine rings is 1. The van der Waals surface area contributed by atoms with Crippen molar-refractivity contribution in [3.8, 4) is 0 Å². The molecule has 1 aliphatic rings. The normalized spacial score (nSPS) is 22.8. The van der Waals surface area contributed by atoms with E-state index in [1.807, 2.05) is 0 Å². The molecule has 0 aliphatic heterocycles. The molecule has 112 valence electrons. The largest absolute Gasteiger partial charge is 0.308 e. The summed E-state index contributed by atoms with van der Waals surface area (Å²) in [5.74, 6) is 1.59. The molecule has 2 unspecified atom stereocenters. The molecule has 0 spiro atoms. The summed E-state index contributed by atoms with van der Waals surface area (Å²) < 4.78 is 0. The van der Waals surface area contributed by atoms with Gasteiger partial charge in [-0.25, -0.2) is 0 Å². The zero-order valence-electron chi connectivity index (χ0n) is 13.2. The minimum absolute atomic E-state index is 0.659. The van der Waals surface area contributed by atoms with Crippen molar-refractivity contribution in [3.05, 3.63) is 42.1 Å². The first-order chi connectivity index (χ1) is 10.2. The third-order valence-corrected chi connectivity index (χ3v) is 4.88. The molecule has 0 amide bonds. The summed E-state index contributed by atoms with van der Waals surface area (Å²) in [6.45, 7) is 5.61. The second kappa shape index (κ2) is 6.57. The first kappa shape index (κ1) is 14.5. The molecule has 0 saturated heterocycles. The average Bonchev–Trinajstić information content (AvgIpc) is 2.53. The van der Waals surface area contributed by atoms with Crippen molar-refractivity contribution < 1.29 is 0 Å². The molecule has 0 bridgehead atoms. The molecule has 2 nitrogen and oxygen atoms in total. The number of hydrogen-bond donors (Lipinski definition) is 1. The van der Waals surface area contributed by atoms with Gasteiger partial charge in [-0.15, -0.1) is 0 Å². The minimum Gasteiger partial charge on any atom is -0.308 e. The fraction of sp³-hybridized carbons (Fsp3) is 0.526. The molecular weight excluding hydrogens is 256 g/mol. The fourth-order valence-corrected chi connectivity index (χ4v) is 3.65. The summed E-state index contributed by atoms with van der Waals surface area (Å²) in [5, 5.41) is 4.99.